The van der Waals surface area contributed by atoms with Crippen LogP contribution >= 0.6 is 0 Å². The van der Waals surface area contributed by atoms with Crippen LogP contribution in [0.25, 0.3) is 0 Å². The number of hydrogen-bond donors (Lipinski definition) is 2. The lowest BCUT2D eigenvalue weighted by Crippen LogP contribution is -2.47. The SMILES string of the molecule is CNC(C)(C)C(=O)Nc1ccc(C)nc1. The molecular formula is C11H17N3O. The van der Waals surface area contributed by atoms with Crippen LogP contribution in [-0.2, 0) is 4.79 Å². The Morgan fingerprint density at radius 3 is 2.53 bits per heavy atom. The van der Waals surface area contributed by atoms with Crippen molar-refractivity contribution in [1.82, 2.24) is 10.3 Å². The molecule has 1 aromatic heterocycles. The lowest BCUT2D eigenvalue weighted by Gasteiger charge is -2.22. The third kappa shape index (κ3) is 3.02. The molecule has 2 N–H and O–H groups in total. The Kier molecular flexibility index (Phi) is 3.42. The number of likely N-dealkylation sites (N-methyl/N-ethyl adjacent to an activating group) is 1. The molecule has 1 rings (SSSR count). The van der Waals surface area contributed by atoms with E-state index in [1.54, 1.807) is 13.2 Å². The van der Waals surface area contributed by atoms with Crippen molar-refractivity contribution in [2.45, 2.75) is 26.3 Å². The van der Waals surface area contributed by atoms with E-state index >= 15 is 0 Å². The van der Waals surface area contributed by atoms with Gasteiger partial charge in [-0.1, -0.05) is 0 Å². The van der Waals surface area contributed by atoms with Gasteiger partial charge in [0.15, 0.2) is 0 Å². The Morgan fingerprint density at radius 1 is 1.40 bits per heavy atom. The van der Waals surface area contributed by atoms with Gasteiger partial charge in [-0.25, -0.2) is 0 Å². The second-order valence-corrected chi connectivity index (χ2v) is 4.02. The van der Waals surface area contributed by atoms with Crippen molar-refractivity contribution in [3.63, 3.8) is 0 Å². The van der Waals surface area contributed by atoms with Crippen molar-refractivity contribution >= 4 is 11.6 Å². The summed E-state index contributed by atoms with van der Waals surface area (Å²) in [6, 6.07) is 3.70. The molecule has 0 aliphatic carbocycles. The number of carbonyl (C=O) groups is 1. The van der Waals surface area contributed by atoms with Gasteiger partial charge < -0.3 is 10.6 Å². The zero-order valence-electron chi connectivity index (χ0n) is 9.59. The van der Waals surface area contributed by atoms with Gasteiger partial charge in [-0.05, 0) is 40.0 Å². The van der Waals surface area contributed by atoms with E-state index in [0.29, 0.717) is 5.69 Å². The van der Waals surface area contributed by atoms with E-state index in [2.05, 4.69) is 15.6 Å². The van der Waals surface area contributed by atoms with Crippen LogP contribution in [0.5, 0.6) is 0 Å². The summed E-state index contributed by atoms with van der Waals surface area (Å²) in [7, 11) is 1.76. The molecule has 0 aromatic carbocycles. The quantitative estimate of drug-likeness (QED) is 0.786. The minimum Gasteiger partial charge on any atom is -0.323 e. The summed E-state index contributed by atoms with van der Waals surface area (Å²) < 4.78 is 0. The van der Waals surface area contributed by atoms with Crippen LogP contribution in [0.2, 0.25) is 0 Å². The first-order valence-electron chi connectivity index (χ1n) is 4.89. The highest BCUT2D eigenvalue weighted by Gasteiger charge is 2.24. The molecule has 1 amide bonds. The molecule has 1 heterocycles. The van der Waals surface area contributed by atoms with Gasteiger partial charge in [0.05, 0.1) is 17.4 Å². The number of carbonyl (C=O) groups excluding carboxylic acids is 1. The lowest BCUT2D eigenvalue weighted by atomic mass is 10.1. The number of pyridine rings is 1. The molecule has 0 bridgehead atoms. The third-order valence-corrected chi connectivity index (χ3v) is 2.36. The first kappa shape index (κ1) is 11.7. The first-order valence-corrected chi connectivity index (χ1v) is 4.89. The van der Waals surface area contributed by atoms with Crippen molar-refractivity contribution in [1.29, 1.82) is 0 Å². The molecule has 0 saturated heterocycles. The second kappa shape index (κ2) is 4.40. The summed E-state index contributed by atoms with van der Waals surface area (Å²) >= 11 is 0. The van der Waals surface area contributed by atoms with Gasteiger partial charge >= 0.3 is 0 Å². The average Bonchev–Trinajstić information content (AvgIpc) is 2.21. The lowest BCUT2D eigenvalue weighted by molar-refractivity contribution is -0.121. The summed E-state index contributed by atoms with van der Waals surface area (Å²) in [6.45, 7) is 5.55. The maximum Gasteiger partial charge on any atom is 0.244 e. The van der Waals surface area contributed by atoms with Crippen LogP contribution in [0.15, 0.2) is 18.3 Å². The Labute approximate surface area is 90.1 Å². The Balaban J connectivity index is 2.71. The number of aromatic nitrogens is 1. The smallest absolute Gasteiger partial charge is 0.244 e. The highest BCUT2D eigenvalue weighted by molar-refractivity contribution is 5.97. The molecule has 4 heteroatoms. The van der Waals surface area contributed by atoms with Crippen molar-refractivity contribution in [3.05, 3.63) is 24.0 Å². The fourth-order valence-electron chi connectivity index (χ4n) is 0.943. The van der Waals surface area contributed by atoms with E-state index in [4.69, 9.17) is 0 Å². The summed E-state index contributed by atoms with van der Waals surface area (Å²) in [6.07, 6.45) is 1.65. The summed E-state index contributed by atoms with van der Waals surface area (Å²) in [4.78, 5) is 15.9. The van der Waals surface area contributed by atoms with Crippen LogP contribution in [0.1, 0.15) is 19.5 Å². The highest BCUT2D eigenvalue weighted by Crippen LogP contribution is 2.09. The number of rotatable bonds is 3. The number of aryl methyl sites for hydroxylation is 1. The Hall–Kier alpha value is -1.42. The summed E-state index contributed by atoms with van der Waals surface area (Å²) in [5.74, 6) is -0.0735. The number of hydrogen-bond acceptors (Lipinski definition) is 3. The molecule has 82 valence electrons. The predicted molar refractivity (Wildman–Crippen MR) is 60.7 cm³/mol. The van der Waals surface area contributed by atoms with Gasteiger partial charge in [-0.15, -0.1) is 0 Å². The number of nitrogens with zero attached hydrogens (tertiary/aromatic N) is 1. The van der Waals surface area contributed by atoms with E-state index < -0.39 is 5.54 Å². The fraction of sp³-hybridized carbons (Fsp3) is 0.455. The molecule has 0 saturated carbocycles. The molecule has 0 fully saturated rings. The van der Waals surface area contributed by atoms with Crippen LogP contribution in [0.3, 0.4) is 0 Å². The van der Waals surface area contributed by atoms with Crippen molar-refractivity contribution in [3.8, 4) is 0 Å². The second-order valence-electron chi connectivity index (χ2n) is 4.02. The van der Waals surface area contributed by atoms with Crippen LogP contribution in [-0.4, -0.2) is 23.5 Å². The molecule has 0 aliphatic rings. The van der Waals surface area contributed by atoms with Crippen LogP contribution in [0, 0.1) is 6.92 Å². The summed E-state index contributed by atoms with van der Waals surface area (Å²) in [5, 5.41) is 5.74. The normalized spacial score (nSPS) is 11.2. The minimum absolute atomic E-state index is 0.0735. The average molecular weight is 207 g/mol. The van der Waals surface area contributed by atoms with E-state index in [-0.39, 0.29) is 5.91 Å². The van der Waals surface area contributed by atoms with E-state index in [1.165, 1.54) is 0 Å². The maximum atomic E-state index is 11.7. The fourth-order valence-corrected chi connectivity index (χ4v) is 0.943. The molecule has 0 spiro atoms. The highest BCUT2D eigenvalue weighted by atomic mass is 16.2. The van der Waals surface area contributed by atoms with Gasteiger partial charge in [0.25, 0.3) is 0 Å². The number of anilines is 1. The van der Waals surface area contributed by atoms with Gasteiger partial charge in [-0.3, -0.25) is 9.78 Å². The maximum absolute atomic E-state index is 11.7. The zero-order valence-corrected chi connectivity index (χ0v) is 9.59. The van der Waals surface area contributed by atoms with E-state index in [1.807, 2.05) is 32.9 Å². The van der Waals surface area contributed by atoms with Gasteiger partial charge in [0.1, 0.15) is 0 Å². The summed E-state index contributed by atoms with van der Waals surface area (Å²) in [5.41, 5.74) is 1.07. The van der Waals surface area contributed by atoms with Crippen molar-refractivity contribution in [2.24, 2.45) is 0 Å². The molecule has 1 aromatic rings. The Bertz CT molecular complexity index is 343. The molecule has 0 aliphatic heterocycles. The molecular weight excluding hydrogens is 190 g/mol. The minimum atomic E-state index is -0.578. The number of amides is 1. The molecule has 0 radical (unpaired) electrons. The van der Waals surface area contributed by atoms with Crippen molar-refractivity contribution < 1.29 is 4.79 Å². The van der Waals surface area contributed by atoms with Gasteiger partial charge in [-0.2, -0.15) is 0 Å². The number of nitrogens with one attached hydrogen (secondary N) is 2. The monoisotopic (exact) mass is 207 g/mol. The molecule has 4 nitrogen and oxygen atoms in total. The predicted octanol–water partition coefficient (Wildman–Crippen LogP) is 1.33. The van der Waals surface area contributed by atoms with Crippen molar-refractivity contribution in [2.75, 3.05) is 12.4 Å². The van der Waals surface area contributed by atoms with E-state index in [0.717, 1.165) is 5.69 Å². The van der Waals surface area contributed by atoms with E-state index in [9.17, 15) is 4.79 Å². The third-order valence-electron chi connectivity index (χ3n) is 2.36. The van der Waals surface area contributed by atoms with Gasteiger partial charge in [0, 0.05) is 5.69 Å². The Morgan fingerprint density at radius 2 is 2.07 bits per heavy atom. The molecule has 0 unspecified atom stereocenters. The van der Waals surface area contributed by atoms with Gasteiger partial charge in [0.2, 0.25) is 5.91 Å². The largest absolute Gasteiger partial charge is 0.323 e. The topological polar surface area (TPSA) is 54.0 Å². The van der Waals surface area contributed by atoms with Crippen LogP contribution < -0.4 is 10.6 Å². The standard InChI is InChI=1S/C11H17N3O/c1-8-5-6-9(7-13-8)14-10(15)11(2,3)12-4/h5-7,12H,1-4H3,(H,14,15). The van der Waals surface area contributed by atoms with Crippen LogP contribution in [0.4, 0.5) is 5.69 Å². The zero-order chi connectivity index (χ0) is 11.5. The first-order chi connectivity index (χ1) is 6.95. The molecule has 0 atom stereocenters. The molecule has 15 heavy (non-hydrogen) atoms.